The molecule has 0 aliphatic rings. The summed E-state index contributed by atoms with van der Waals surface area (Å²) in [5.41, 5.74) is 5.87. The van der Waals surface area contributed by atoms with Crippen LogP contribution in [0, 0.1) is 34.5 Å². The molecular formula is C26H25N2O+. The van der Waals surface area contributed by atoms with Gasteiger partial charge in [-0.2, -0.15) is 0 Å². The summed E-state index contributed by atoms with van der Waals surface area (Å²) in [5.74, 6) is 0. The van der Waals surface area contributed by atoms with E-state index in [0.29, 0.717) is 38.4 Å². The Balaban J connectivity index is 1.93. The lowest BCUT2D eigenvalue weighted by Crippen LogP contribution is -2.31. The normalized spacial score (nSPS) is 15.7. The molecule has 0 fully saturated rings. The molecule has 0 saturated heterocycles. The molecule has 144 valence electrons. The van der Waals surface area contributed by atoms with E-state index in [1.165, 1.54) is 0 Å². The van der Waals surface area contributed by atoms with E-state index in [4.69, 9.17) is 12.6 Å². The van der Waals surface area contributed by atoms with Crippen LogP contribution in [0.5, 0.6) is 0 Å². The Morgan fingerprint density at radius 2 is 1.83 bits per heavy atom. The smallest absolute Gasteiger partial charge is 0.216 e. The highest BCUT2D eigenvalue weighted by Crippen LogP contribution is 2.40. The number of fused-ring (bicyclic) bond motifs is 4. The van der Waals surface area contributed by atoms with E-state index in [1.807, 2.05) is 50.2 Å². The number of rotatable bonds is 1. The lowest BCUT2D eigenvalue weighted by atomic mass is 9.97. The number of aromatic nitrogens is 2. The zero-order valence-electron chi connectivity index (χ0n) is 22.8. The van der Waals surface area contributed by atoms with Gasteiger partial charge in [-0.15, -0.1) is 0 Å². The second kappa shape index (κ2) is 6.15. The zero-order chi connectivity index (χ0) is 25.4. The van der Waals surface area contributed by atoms with Gasteiger partial charge in [0.2, 0.25) is 5.69 Å². The van der Waals surface area contributed by atoms with Crippen molar-refractivity contribution in [1.82, 2.24) is 4.98 Å². The molecule has 0 aliphatic heterocycles. The summed E-state index contributed by atoms with van der Waals surface area (Å²) in [4.78, 5) is 4.58. The zero-order valence-corrected chi connectivity index (χ0v) is 16.8. The molecule has 0 radical (unpaired) electrons. The van der Waals surface area contributed by atoms with Gasteiger partial charge in [0.25, 0.3) is 0 Å². The maximum atomic E-state index is 8.32. The first-order valence-electron chi connectivity index (χ1n) is 12.5. The Morgan fingerprint density at radius 3 is 2.62 bits per heavy atom. The third kappa shape index (κ3) is 2.57. The number of benzene rings is 2. The van der Waals surface area contributed by atoms with Gasteiger partial charge in [0.05, 0.1) is 11.1 Å². The van der Waals surface area contributed by atoms with E-state index in [2.05, 4.69) is 4.98 Å². The largest absolute Gasteiger partial charge is 0.455 e. The fourth-order valence-corrected chi connectivity index (χ4v) is 4.10. The standard InChI is InChI=1S/C26H25N2O/c1-14-7-10-20-24-18(5)25-19(9-8-17(4)27-25)12-22(24)29-26(20)23(14)21-11-15(2)16(3)13-28(21)6/h7-13H,1-6H3/q+1/i3D3,5D3. The number of hydrogen-bond acceptors (Lipinski definition) is 2. The van der Waals surface area contributed by atoms with Gasteiger partial charge >= 0.3 is 0 Å². The van der Waals surface area contributed by atoms with Crippen LogP contribution in [0.1, 0.15) is 36.2 Å². The van der Waals surface area contributed by atoms with Crippen LogP contribution in [0.25, 0.3) is 44.1 Å². The van der Waals surface area contributed by atoms with Crippen molar-refractivity contribution in [2.24, 2.45) is 7.05 Å². The Labute approximate surface area is 179 Å². The molecule has 3 heterocycles. The fraction of sp³-hybridized carbons (Fsp3) is 0.231. The van der Waals surface area contributed by atoms with Crippen LogP contribution >= 0.6 is 0 Å². The molecule has 0 amide bonds. The van der Waals surface area contributed by atoms with Gasteiger partial charge in [-0.3, -0.25) is 4.98 Å². The predicted octanol–water partition coefficient (Wildman–Crippen LogP) is 6.17. The van der Waals surface area contributed by atoms with Crippen molar-refractivity contribution in [3.05, 3.63) is 70.5 Å². The van der Waals surface area contributed by atoms with E-state index in [9.17, 15) is 0 Å². The van der Waals surface area contributed by atoms with Crippen LogP contribution in [0.3, 0.4) is 0 Å². The predicted molar refractivity (Wildman–Crippen MR) is 119 cm³/mol. The summed E-state index contributed by atoms with van der Waals surface area (Å²) in [5, 5.41) is 1.93. The van der Waals surface area contributed by atoms with Crippen LogP contribution in [0.2, 0.25) is 0 Å². The highest BCUT2D eigenvalue weighted by Gasteiger charge is 2.22. The average molecular weight is 388 g/mol. The third-order valence-electron chi connectivity index (χ3n) is 5.67. The van der Waals surface area contributed by atoms with Gasteiger partial charge in [-0.1, -0.05) is 18.2 Å². The Morgan fingerprint density at radius 1 is 0.966 bits per heavy atom. The van der Waals surface area contributed by atoms with E-state index in [0.717, 1.165) is 22.5 Å². The maximum Gasteiger partial charge on any atom is 0.216 e. The topological polar surface area (TPSA) is 29.9 Å². The summed E-state index contributed by atoms with van der Waals surface area (Å²) in [6.07, 6.45) is 1.63. The van der Waals surface area contributed by atoms with E-state index in [-0.39, 0.29) is 11.1 Å². The van der Waals surface area contributed by atoms with E-state index in [1.54, 1.807) is 24.7 Å². The molecule has 0 aliphatic carbocycles. The van der Waals surface area contributed by atoms with Gasteiger partial charge in [-0.25, -0.2) is 4.57 Å². The number of furan rings is 1. The molecule has 0 unspecified atom stereocenters. The molecule has 5 aromatic rings. The number of aryl methyl sites for hydroxylation is 6. The molecule has 0 saturated carbocycles. The van der Waals surface area contributed by atoms with Crippen LogP contribution in [0.15, 0.2) is 47.0 Å². The maximum absolute atomic E-state index is 8.32. The molecule has 0 atom stereocenters. The van der Waals surface area contributed by atoms with Crippen molar-refractivity contribution in [2.75, 3.05) is 0 Å². The Kier molecular flexibility index (Phi) is 2.62. The first kappa shape index (κ1) is 12.4. The van der Waals surface area contributed by atoms with Crippen LogP contribution in [-0.4, -0.2) is 4.98 Å². The molecule has 3 aromatic heterocycles. The molecular weight excluding hydrogens is 356 g/mol. The summed E-state index contributed by atoms with van der Waals surface area (Å²) in [6.45, 7) is 0.963. The average Bonchev–Trinajstić information content (AvgIpc) is 3.09. The summed E-state index contributed by atoms with van der Waals surface area (Å²) in [6, 6.07) is 11.2. The van der Waals surface area contributed by atoms with E-state index >= 15 is 0 Å². The number of nitrogens with zero attached hydrogens (tertiary/aromatic N) is 2. The summed E-state index contributed by atoms with van der Waals surface area (Å²) in [7, 11) is 1.81. The highest BCUT2D eigenvalue weighted by atomic mass is 16.3. The Bertz CT molecular complexity index is 1660. The quantitative estimate of drug-likeness (QED) is 0.322. The van der Waals surface area contributed by atoms with Gasteiger partial charge in [0.15, 0.2) is 6.20 Å². The summed E-state index contributed by atoms with van der Waals surface area (Å²) >= 11 is 0. The van der Waals surface area contributed by atoms with Crippen LogP contribution in [-0.2, 0) is 7.05 Å². The van der Waals surface area contributed by atoms with Crippen molar-refractivity contribution in [2.45, 2.75) is 34.5 Å². The molecule has 5 rings (SSSR count). The van der Waals surface area contributed by atoms with Gasteiger partial charge in [0, 0.05) is 41.7 Å². The molecule has 29 heavy (non-hydrogen) atoms. The molecule has 3 nitrogen and oxygen atoms in total. The molecule has 0 N–H and O–H groups in total. The van der Waals surface area contributed by atoms with Crippen LogP contribution in [0.4, 0.5) is 0 Å². The SMILES string of the molecule is [2H]C([2H])([2H])c1c[n+](C)c(-c2c(C)ccc3c2oc2cc4ccc(C)nc4c(C([2H])([2H])[2H])c23)cc1C. The minimum atomic E-state index is -2.40. The van der Waals surface area contributed by atoms with Crippen molar-refractivity contribution in [3.8, 4) is 11.3 Å². The summed E-state index contributed by atoms with van der Waals surface area (Å²) < 4.78 is 56.7. The minimum Gasteiger partial charge on any atom is -0.455 e. The van der Waals surface area contributed by atoms with Crippen molar-refractivity contribution in [3.63, 3.8) is 0 Å². The molecule has 0 spiro atoms. The lowest BCUT2D eigenvalue weighted by molar-refractivity contribution is -0.660. The second-order valence-electron chi connectivity index (χ2n) is 7.75. The number of hydrogen-bond donors (Lipinski definition) is 0. The van der Waals surface area contributed by atoms with Crippen LogP contribution < -0.4 is 4.57 Å². The van der Waals surface area contributed by atoms with Crippen molar-refractivity contribution in [1.29, 1.82) is 0 Å². The highest BCUT2D eigenvalue weighted by molar-refractivity contribution is 6.15. The first-order chi connectivity index (χ1) is 16.3. The van der Waals surface area contributed by atoms with Crippen molar-refractivity contribution >= 4 is 32.8 Å². The Hall–Kier alpha value is -3.20. The molecule has 2 aromatic carbocycles. The number of pyridine rings is 2. The van der Waals surface area contributed by atoms with Gasteiger partial charge in [-0.05, 0) is 63.3 Å². The monoisotopic (exact) mass is 387 g/mol. The van der Waals surface area contributed by atoms with Crippen molar-refractivity contribution < 1.29 is 17.2 Å². The molecule has 0 bridgehead atoms. The fourth-order valence-electron chi connectivity index (χ4n) is 4.10. The van der Waals surface area contributed by atoms with E-state index < -0.39 is 13.7 Å². The molecule has 3 heteroatoms. The minimum absolute atomic E-state index is 0.181. The lowest BCUT2D eigenvalue weighted by Gasteiger charge is -2.08. The van der Waals surface area contributed by atoms with Gasteiger partial charge in [0.1, 0.15) is 18.2 Å². The third-order valence-corrected chi connectivity index (χ3v) is 5.67. The van der Waals surface area contributed by atoms with Gasteiger partial charge < -0.3 is 4.42 Å². The first-order valence-corrected chi connectivity index (χ1v) is 9.55. The second-order valence-corrected chi connectivity index (χ2v) is 7.75.